The van der Waals surface area contributed by atoms with Crippen molar-refractivity contribution in [1.82, 2.24) is 20.6 Å². The highest BCUT2D eigenvalue weighted by atomic mass is 35.5. The largest absolute Gasteiger partial charge is 0.448 e. The molecule has 0 bridgehead atoms. The summed E-state index contributed by atoms with van der Waals surface area (Å²) < 4.78 is 5.48. The number of rotatable bonds is 6. The maximum absolute atomic E-state index is 12.6. The highest BCUT2D eigenvalue weighted by molar-refractivity contribution is 5.92. The van der Waals surface area contributed by atoms with Crippen molar-refractivity contribution >= 4 is 24.0 Å². The van der Waals surface area contributed by atoms with Crippen molar-refractivity contribution in [3.63, 3.8) is 0 Å². The van der Waals surface area contributed by atoms with Gasteiger partial charge in [0.15, 0.2) is 11.6 Å². The molecule has 0 saturated carbocycles. The molecule has 2 aromatic heterocycles. The Balaban J connectivity index is 0.00000342. The maximum atomic E-state index is 12.6. The van der Waals surface area contributed by atoms with E-state index in [0.29, 0.717) is 24.2 Å². The molecule has 1 aliphatic heterocycles. The van der Waals surface area contributed by atoms with Crippen LogP contribution in [0.3, 0.4) is 0 Å². The van der Waals surface area contributed by atoms with Gasteiger partial charge in [0.1, 0.15) is 6.26 Å². The molecular weight excluding hydrogens is 462 g/mol. The van der Waals surface area contributed by atoms with Gasteiger partial charge in [-0.05, 0) is 49.6 Å². The molecule has 1 atom stereocenters. The van der Waals surface area contributed by atoms with E-state index >= 15 is 0 Å². The van der Waals surface area contributed by atoms with Crippen molar-refractivity contribution in [3.8, 4) is 11.1 Å². The second kappa shape index (κ2) is 11.2. The topological polar surface area (TPSA) is 83.3 Å². The molecule has 2 N–H and O–H groups in total. The standard InChI is InChI=1S/C27H35N5O2.ClH/c1-18-13-19(22-10-11-29-15-24(22)32-12-6-7-21(16-32)28-5)8-9-20(18)14-30-25(33)23-17-34-26(31-23)27(2,3)4;/h8-11,13,15,17,21,28H,6-7,12,14,16H2,1-5H3,(H,30,33);1H. The number of amides is 1. The van der Waals surface area contributed by atoms with Crippen LogP contribution in [0.5, 0.6) is 0 Å². The van der Waals surface area contributed by atoms with Crippen LogP contribution in [0.4, 0.5) is 5.69 Å². The van der Waals surface area contributed by atoms with Crippen LogP contribution in [0.25, 0.3) is 11.1 Å². The van der Waals surface area contributed by atoms with Gasteiger partial charge in [-0.15, -0.1) is 12.4 Å². The van der Waals surface area contributed by atoms with E-state index in [1.165, 1.54) is 30.4 Å². The van der Waals surface area contributed by atoms with E-state index in [1.54, 1.807) is 0 Å². The van der Waals surface area contributed by atoms with Gasteiger partial charge in [-0.3, -0.25) is 9.78 Å². The van der Waals surface area contributed by atoms with Crippen LogP contribution in [0.15, 0.2) is 47.3 Å². The molecule has 35 heavy (non-hydrogen) atoms. The van der Waals surface area contributed by atoms with Crippen molar-refractivity contribution in [2.75, 3.05) is 25.0 Å². The number of aromatic nitrogens is 2. The third kappa shape index (κ3) is 6.21. The quantitative estimate of drug-likeness (QED) is 0.505. The van der Waals surface area contributed by atoms with Crippen molar-refractivity contribution in [2.24, 2.45) is 0 Å². The number of halogens is 1. The summed E-state index contributed by atoms with van der Waals surface area (Å²) in [5.41, 5.74) is 5.78. The first kappa shape index (κ1) is 26.7. The highest BCUT2D eigenvalue weighted by Gasteiger charge is 2.23. The van der Waals surface area contributed by atoms with E-state index in [0.717, 1.165) is 29.8 Å². The summed E-state index contributed by atoms with van der Waals surface area (Å²) in [5, 5.41) is 6.38. The Labute approximate surface area is 214 Å². The minimum absolute atomic E-state index is 0. The Morgan fingerprint density at radius 2 is 2.06 bits per heavy atom. The second-order valence-electron chi connectivity index (χ2n) is 10.1. The van der Waals surface area contributed by atoms with Crippen LogP contribution in [-0.4, -0.2) is 42.1 Å². The molecular formula is C27H36ClN5O2. The zero-order chi connectivity index (χ0) is 24.3. The van der Waals surface area contributed by atoms with Crippen molar-refractivity contribution in [2.45, 2.75) is 58.5 Å². The smallest absolute Gasteiger partial charge is 0.273 e. The van der Waals surface area contributed by atoms with Crippen molar-refractivity contribution < 1.29 is 9.21 Å². The molecule has 4 rings (SSSR count). The molecule has 0 aliphatic carbocycles. The molecule has 188 valence electrons. The molecule has 1 fully saturated rings. The van der Waals surface area contributed by atoms with Crippen molar-refractivity contribution in [1.29, 1.82) is 0 Å². The summed E-state index contributed by atoms with van der Waals surface area (Å²) in [6, 6.07) is 8.99. The Kier molecular flexibility index (Phi) is 8.56. The summed E-state index contributed by atoms with van der Waals surface area (Å²) >= 11 is 0. The number of nitrogens with zero attached hydrogens (tertiary/aromatic N) is 3. The van der Waals surface area contributed by atoms with Crippen LogP contribution >= 0.6 is 12.4 Å². The summed E-state index contributed by atoms with van der Waals surface area (Å²) in [5.74, 6) is 0.324. The minimum atomic E-state index is -0.237. The molecule has 1 aromatic carbocycles. The van der Waals surface area contributed by atoms with Gasteiger partial charge in [0.25, 0.3) is 5.91 Å². The SMILES string of the molecule is CNC1CCCN(c2cnccc2-c2ccc(CNC(=O)c3coc(C(C)(C)C)n3)c(C)c2)C1.Cl. The Morgan fingerprint density at radius 1 is 1.26 bits per heavy atom. The molecule has 7 nitrogen and oxygen atoms in total. The normalized spacial score (nSPS) is 16.0. The number of aryl methyl sites for hydroxylation is 1. The van der Waals surface area contributed by atoms with E-state index in [4.69, 9.17) is 4.42 Å². The van der Waals surface area contributed by atoms with E-state index < -0.39 is 0 Å². The average molecular weight is 498 g/mol. The number of likely N-dealkylation sites (N-methyl/N-ethyl adjacent to an activating group) is 1. The molecule has 1 aliphatic rings. The number of nitrogens with one attached hydrogen (secondary N) is 2. The van der Waals surface area contributed by atoms with Gasteiger partial charge in [-0.2, -0.15) is 0 Å². The summed E-state index contributed by atoms with van der Waals surface area (Å²) in [4.78, 5) is 23.8. The first-order valence-electron chi connectivity index (χ1n) is 12.0. The van der Waals surface area contributed by atoms with Gasteiger partial charge in [0.05, 0.1) is 11.9 Å². The van der Waals surface area contributed by atoms with Gasteiger partial charge >= 0.3 is 0 Å². The summed E-state index contributed by atoms with van der Waals surface area (Å²) in [7, 11) is 2.03. The highest BCUT2D eigenvalue weighted by Crippen LogP contribution is 2.33. The Bertz CT molecular complexity index is 1150. The molecule has 1 unspecified atom stereocenters. The number of carbonyl (C=O) groups is 1. The summed E-state index contributed by atoms with van der Waals surface area (Å²) in [6.07, 6.45) is 7.62. The van der Waals surface area contributed by atoms with Crippen LogP contribution in [-0.2, 0) is 12.0 Å². The van der Waals surface area contributed by atoms with Crippen LogP contribution in [0.2, 0.25) is 0 Å². The number of benzene rings is 1. The molecule has 0 spiro atoms. The van der Waals surface area contributed by atoms with Gasteiger partial charge in [0.2, 0.25) is 0 Å². The number of pyridine rings is 1. The number of hydrogen-bond acceptors (Lipinski definition) is 6. The number of piperidine rings is 1. The molecule has 3 heterocycles. The number of anilines is 1. The predicted octanol–water partition coefficient (Wildman–Crippen LogP) is 4.88. The summed E-state index contributed by atoms with van der Waals surface area (Å²) in [6.45, 7) is 10.5. The average Bonchev–Trinajstić information content (AvgIpc) is 3.34. The van der Waals surface area contributed by atoms with Crippen LogP contribution in [0.1, 0.15) is 61.1 Å². The maximum Gasteiger partial charge on any atom is 0.273 e. The first-order valence-corrected chi connectivity index (χ1v) is 12.0. The fourth-order valence-corrected chi connectivity index (χ4v) is 4.36. The second-order valence-corrected chi connectivity index (χ2v) is 10.1. The van der Waals surface area contributed by atoms with E-state index in [1.807, 2.05) is 40.2 Å². The lowest BCUT2D eigenvalue weighted by Gasteiger charge is -2.35. The van der Waals surface area contributed by atoms with Crippen LogP contribution < -0.4 is 15.5 Å². The predicted molar refractivity (Wildman–Crippen MR) is 142 cm³/mol. The van der Waals surface area contributed by atoms with E-state index in [9.17, 15) is 4.79 Å². The molecule has 1 amide bonds. The Hall–Kier alpha value is -2.90. The van der Waals surface area contributed by atoms with Crippen molar-refractivity contribution in [3.05, 3.63) is 65.6 Å². The number of oxazole rings is 1. The van der Waals surface area contributed by atoms with Gasteiger partial charge in [-0.25, -0.2) is 4.98 Å². The lowest BCUT2D eigenvalue weighted by molar-refractivity contribution is 0.0946. The lowest BCUT2D eigenvalue weighted by Crippen LogP contribution is -2.44. The lowest BCUT2D eigenvalue weighted by atomic mass is 9.97. The Morgan fingerprint density at radius 3 is 2.74 bits per heavy atom. The molecule has 8 heteroatoms. The van der Waals surface area contributed by atoms with E-state index in [-0.39, 0.29) is 23.7 Å². The number of hydrogen-bond donors (Lipinski definition) is 2. The zero-order valence-corrected chi connectivity index (χ0v) is 22.0. The first-order chi connectivity index (χ1) is 16.3. The minimum Gasteiger partial charge on any atom is -0.448 e. The third-order valence-corrected chi connectivity index (χ3v) is 6.44. The number of carbonyl (C=O) groups excluding carboxylic acids is 1. The monoisotopic (exact) mass is 497 g/mol. The molecule has 3 aromatic rings. The van der Waals surface area contributed by atoms with Crippen LogP contribution in [0, 0.1) is 6.92 Å². The van der Waals surface area contributed by atoms with Gasteiger partial charge in [0, 0.05) is 42.9 Å². The van der Waals surface area contributed by atoms with Gasteiger partial charge in [-0.1, -0.05) is 39.0 Å². The fourth-order valence-electron chi connectivity index (χ4n) is 4.36. The van der Waals surface area contributed by atoms with Gasteiger partial charge < -0.3 is 20.0 Å². The fraction of sp³-hybridized carbons (Fsp3) is 0.444. The zero-order valence-electron chi connectivity index (χ0n) is 21.2. The molecule has 0 radical (unpaired) electrons. The molecule has 1 saturated heterocycles. The van der Waals surface area contributed by atoms with E-state index in [2.05, 4.69) is 56.7 Å². The third-order valence-electron chi connectivity index (χ3n) is 6.44.